The fourth-order valence-corrected chi connectivity index (χ4v) is 2.80. The molecule has 0 saturated heterocycles. The van der Waals surface area contributed by atoms with E-state index in [1.807, 2.05) is 0 Å². The molecular weight excluding hydrogens is 313 g/mol. The van der Waals surface area contributed by atoms with Crippen LogP contribution in [-0.2, 0) is 10.0 Å². The second-order valence-electron chi connectivity index (χ2n) is 3.49. The monoisotopic (exact) mass is 325 g/mol. The Hall–Kier alpha value is -0.500. The molecule has 1 aromatic carbocycles. The molecule has 0 radical (unpaired) electrons. The molecule has 0 heterocycles. The molecule has 0 unspecified atom stereocenters. The first-order chi connectivity index (χ1) is 7.86. The molecule has 2 N–H and O–H groups in total. The van der Waals surface area contributed by atoms with Crippen LogP contribution in [-0.4, -0.2) is 26.2 Å². The summed E-state index contributed by atoms with van der Waals surface area (Å²) in [4.78, 5) is -0.435. The summed E-state index contributed by atoms with van der Waals surface area (Å²) in [5.74, 6) is -0.827. The molecule has 17 heavy (non-hydrogen) atoms. The van der Waals surface area contributed by atoms with Gasteiger partial charge in [-0.15, -0.1) is 0 Å². The minimum absolute atomic E-state index is 0.134. The van der Waals surface area contributed by atoms with Gasteiger partial charge in [0.25, 0.3) is 0 Å². The second kappa shape index (κ2) is 5.90. The quantitative estimate of drug-likeness (QED) is 0.864. The molecule has 0 bridgehead atoms. The smallest absolute Gasteiger partial charge is 0.243 e. The first-order valence-corrected chi connectivity index (χ1v) is 7.27. The summed E-state index contributed by atoms with van der Waals surface area (Å²) >= 11 is 3.07. The molecule has 0 spiro atoms. The van der Waals surface area contributed by atoms with Gasteiger partial charge in [0.2, 0.25) is 10.0 Å². The summed E-state index contributed by atoms with van der Waals surface area (Å²) in [7, 11) is -3.93. The predicted molar refractivity (Wildman–Crippen MR) is 65.6 cm³/mol. The SMILES string of the molecule is CC[C@@H](O)CNS(=O)(=O)c1cc(Br)ccc1F. The van der Waals surface area contributed by atoms with Crippen LogP contribution >= 0.6 is 15.9 Å². The van der Waals surface area contributed by atoms with Gasteiger partial charge in [-0.05, 0) is 24.6 Å². The van der Waals surface area contributed by atoms with Crippen LogP contribution in [0.15, 0.2) is 27.6 Å². The van der Waals surface area contributed by atoms with E-state index in [0.717, 1.165) is 6.07 Å². The minimum Gasteiger partial charge on any atom is -0.392 e. The van der Waals surface area contributed by atoms with Gasteiger partial charge in [0.15, 0.2) is 0 Å². The Morgan fingerprint density at radius 3 is 2.76 bits per heavy atom. The van der Waals surface area contributed by atoms with Crippen LogP contribution in [0.5, 0.6) is 0 Å². The fourth-order valence-electron chi connectivity index (χ4n) is 1.11. The summed E-state index contributed by atoms with van der Waals surface area (Å²) in [6.07, 6.45) is -0.358. The summed E-state index contributed by atoms with van der Waals surface area (Å²) < 4.78 is 39.5. The standard InChI is InChI=1S/C10H13BrFNO3S/c1-2-8(14)6-13-17(15,16)10-5-7(11)3-4-9(10)12/h3-5,8,13-14H,2,6H2,1H3/t8-/m1/s1. The lowest BCUT2D eigenvalue weighted by Gasteiger charge is -2.11. The van der Waals surface area contributed by atoms with Crippen molar-refractivity contribution in [3.8, 4) is 0 Å². The number of nitrogens with one attached hydrogen (secondary N) is 1. The second-order valence-corrected chi connectivity index (χ2v) is 6.14. The molecule has 0 aromatic heterocycles. The lowest BCUT2D eigenvalue weighted by molar-refractivity contribution is 0.174. The van der Waals surface area contributed by atoms with Gasteiger partial charge in [0.1, 0.15) is 10.7 Å². The molecule has 4 nitrogen and oxygen atoms in total. The van der Waals surface area contributed by atoms with Crippen molar-refractivity contribution in [3.05, 3.63) is 28.5 Å². The summed E-state index contributed by atoms with van der Waals surface area (Å²) in [6, 6.07) is 3.65. The summed E-state index contributed by atoms with van der Waals surface area (Å²) in [5.41, 5.74) is 0. The average molecular weight is 326 g/mol. The number of rotatable bonds is 5. The zero-order chi connectivity index (χ0) is 13.1. The molecule has 7 heteroatoms. The Morgan fingerprint density at radius 1 is 1.53 bits per heavy atom. The van der Waals surface area contributed by atoms with Crippen molar-refractivity contribution in [3.63, 3.8) is 0 Å². The fraction of sp³-hybridized carbons (Fsp3) is 0.400. The maximum atomic E-state index is 13.4. The number of aliphatic hydroxyl groups excluding tert-OH is 1. The van der Waals surface area contributed by atoms with Crippen LogP contribution in [0.3, 0.4) is 0 Å². The normalized spacial score (nSPS) is 13.6. The van der Waals surface area contributed by atoms with E-state index in [1.54, 1.807) is 6.92 Å². The molecule has 1 aromatic rings. The van der Waals surface area contributed by atoms with Crippen molar-refractivity contribution in [1.29, 1.82) is 0 Å². The molecule has 96 valence electrons. The third kappa shape index (κ3) is 4.02. The summed E-state index contributed by atoms with van der Waals surface area (Å²) in [5, 5.41) is 9.26. The number of sulfonamides is 1. The van der Waals surface area contributed by atoms with E-state index in [1.165, 1.54) is 12.1 Å². The third-order valence-electron chi connectivity index (χ3n) is 2.16. The number of benzene rings is 1. The lowest BCUT2D eigenvalue weighted by Crippen LogP contribution is -2.32. The molecular formula is C10H13BrFNO3S. The first-order valence-electron chi connectivity index (χ1n) is 4.99. The molecule has 0 aliphatic heterocycles. The van der Waals surface area contributed by atoms with Gasteiger partial charge < -0.3 is 5.11 Å². The van der Waals surface area contributed by atoms with Crippen molar-refractivity contribution >= 4 is 26.0 Å². The van der Waals surface area contributed by atoms with E-state index in [0.29, 0.717) is 10.9 Å². The molecule has 0 saturated carbocycles. The summed E-state index contributed by atoms with van der Waals surface area (Å²) in [6.45, 7) is 1.59. The largest absolute Gasteiger partial charge is 0.392 e. The molecule has 0 aliphatic carbocycles. The van der Waals surface area contributed by atoms with Crippen LogP contribution in [0.1, 0.15) is 13.3 Å². The maximum Gasteiger partial charge on any atom is 0.243 e. The lowest BCUT2D eigenvalue weighted by atomic mass is 10.3. The van der Waals surface area contributed by atoms with Crippen LogP contribution in [0.2, 0.25) is 0 Å². The van der Waals surface area contributed by atoms with Gasteiger partial charge >= 0.3 is 0 Å². The maximum absolute atomic E-state index is 13.4. The Kier molecular flexibility index (Phi) is 5.05. The van der Waals surface area contributed by atoms with Crippen molar-refractivity contribution in [2.24, 2.45) is 0 Å². The van der Waals surface area contributed by atoms with Crippen LogP contribution in [0.25, 0.3) is 0 Å². The third-order valence-corrected chi connectivity index (χ3v) is 4.09. The number of hydrogen-bond donors (Lipinski definition) is 2. The van der Waals surface area contributed by atoms with Gasteiger partial charge in [-0.2, -0.15) is 0 Å². The van der Waals surface area contributed by atoms with Crippen molar-refractivity contribution in [2.45, 2.75) is 24.3 Å². The van der Waals surface area contributed by atoms with E-state index in [-0.39, 0.29) is 6.54 Å². The van der Waals surface area contributed by atoms with Gasteiger partial charge in [-0.25, -0.2) is 17.5 Å². The van der Waals surface area contributed by atoms with E-state index < -0.39 is 26.8 Å². The van der Waals surface area contributed by atoms with E-state index in [4.69, 9.17) is 0 Å². The Morgan fingerprint density at radius 2 is 2.18 bits per heavy atom. The van der Waals surface area contributed by atoms with Gasteiger partial charge in [-0.3, -0.25) is 0 Å². The highest BCUT2D eigenvalue weighted by Crippen LogP contribution is 2.19. The highest BCUT2D eigenvalue weighted by molar-refractivity contribution is 9.10. The van der Waals surface area contributed by atoms with Crippen LogP contribution < -0.4 is 4.72 Å². The average Bonchev–Trinajstić information content (AvgIpc) is 2.29. The Balaban J connectivity index is 2.93. The Labute approximate surface area is 108 Å². The molecule has 1 atom stereocenters. The van der Waals surface area contributed by atoms with E-state index in [9.17, 15) is 17.9 Å². The molecule has 0 fully saturated rings. The zero-order valence-electron chi connectivity index (χ0n) is 9.15. The number of aliphatic hydroxyl groups is 1. The molecule has 0 amide bonds. The van der Waals surface area contributed by atoms with Crippen molar-refractivity contribution in [1.82, 2.24) is 4.72 Å². The molecule has 1 rings (SSSR count). The predicted octanol–water partition coefficient (Wildman–Crippen LogP) is 1.64. The van der Waals surface area contributed by atoms with Crippen LogP contribution in [0.4, 0.5) is 4.39 Å². The Bertz CT molecular complexity index is 492. The zero-order valence-corrected chi connectivity index (χ0v) is 11.6. The van der Waals surface area contributed by atoms with Crippen LogP contribution in [0, 0.1) is 5.82 Å². The van der Waals surface area contributed by atoms with Crippen molar-refractivity contribution < 1.29 is 17.9 Å². The van der Waals surface area contributed by atoms with Gasteiger partial charge in [0, 0.05) is 11.0 Å². The van der Waals surface area contributed by atoms with Gasteiger partial charge in [0.05, 0.1) is 6.10 Å². The number of halogens is 2. The number of hydrogen-bond acceptors (Lipinski definition) is 3. The van der Waals surface area contributed by atoms with E-state index >= 15 is 0 Å². The van der Waals surface area contributed by atoms with Crippen molar-refractivity contribution in [2.75, 3.05) is 6.54 Å². The van der Waals surface area contributed by atoms with E-state index in [2.05, 4.69) is 20.7 Å². The first kappa shape index (κ1) is 14.6. The minimum atomic E-state index is -3.93. The topological polar surface area (TPSA) is 66.4 Å². The highest BCUT2D eigenvalue weighted by Gasteiger charge is 2.19. The molecule has 0 aliphatic rings. The van der Waals surface area contributed by atoms with Gasteiger partial charge in [-0.1, -0.05) is 22.9 Å². The highest BCUT2D eigenvalue weighted by atomic mass is 79.9.